The third-order valence-corrected chi connectivity index (χ3v) is 5.07. The van der Waals surface area contributed by atoms with Gasteiger partial charge in [-0.15, -0.1) is 12.4 Å². The van der Waals surface area contributed by atoms with Gasteiger partial charge < -0.3 is 24.8 Å². The molecule has 160 valence electrons. The smallest absolute Gasteiger partial charge is 0.229 e. The number of ether oxygens (including phenoxy) is 3. The number of methoxy groups -OCH3 is 2. The van der Waals surface area contributed by atoms with Gasteiger partial charge in [-0.2, -0.15) is 0 Å². The lowest BCUT2D eigenvalue weighted by molar-refractivity contribution is -0.136. The fourth-order valence-corrected chi connectivity index (χ4v) is 3.38. The molecule has 1 aromatic carbocycles. The molecule has 0 aliphatic carbocycles. The van der Waals surface area contributed by atoms with Gasteiger partial charge in [0.1, 0.15) is 0 Å². The molecule has 6 nitrogen and oxygen atoms in total. The Morgan fingerprint density at radius 2 is 1.86 bits per heavy atom. The average Bonchev–Trinajstić information content (AvgIpc) is 2.67. The lowest BCUT2D eigenvalue weighted by Gasteiger charge is -2.36. The van der Waals surface area contributed by atoms with Gasteiger partial charge in [0.2, 0.25) is 5.91 Å². The number of carbonyl (C=O) groups excluding carboxylic acids is 1. The summed E-state index contributed by atoms with van der Waals surface area (Å²) in [4.78, 5) is 13.0. The van der Waals surface area contributed by atoms with Crippen LogP contribution in [-0.2, 0) is 9.53 Å². The predicted octanol–water partition coefficient (Wildman–Crippen LogP) is 3.35. The number of benzene rings is 1. The van der Waals surface area contributed by atoms with Crippen LogP contribution in [0.2, 0.25) is 0 Å². The lowest BCUT2D eigenvalue weighted by Crippen LogP contribution is -2.50. The van der Waals surface area contributed by atoms with Crippen molar-refractivity contribution in [2.45, 2.75) is 39.7 Å². The minimum atomic E-state index is -0.460. The summed E-state index contributed by atoms with van der Waals surface area (Å²) in [6.07, 6.45) is 1.56. The first-order valence-electron chi connectivity index (χ1n) is 9.73. The Hall–Kier alpha value is -1.50. The minimum Gasteiger partial charge on any atom is -0.493 e. The topological polar surface area (TPSA) is 68.8 Å². The van der Waals surface area contributed by atoms with E-state index in [-0.39, 0.29) is 24.4 Å². The second-order valence-electron chi connectivity index (χ2n) is 7.77. The summed E-state index contributed by atoms with van der Waals surface area (Å²) in [5.41, 5.74) is 0.525. The first kappa shape index (κ1) is 24.5. The van der Waals surface area contributed by atoms with Crippen LogP contribution in [0.5, 0.6) is 11.5 Å². The van der Waals surface area contributed by atoms with E-state index in [1.807, 2.05) is 25.1 Å². The molecule has 1 aliphatic heterocycles. The van der Waals surface area contributed by atoms with E-state index < -0.39 is 5.41 Å². The Morgan fingerprint density at radius 1 is 1.18 bits per heavy atom. The van der Waals surface area contributed by atoms with E-state index in [2.05, 4.69) is 24.5 Å². The van der Waals surface area contributed by atoms with Crippen molar-refractivity contribution in [1.29, 1.82) is 0 Å². The molecule has 0 aromatic heterocycles. The van der Waals surface area contributed by atoms with Crippen molar-refractivity contribution >= 4 is 18.3 Å². The molecule has 1 aromatic rings. The molecule has 0 spiro atoms. The highest BCUT2D eigenvalue weighted by atomic mass is 35.5. The molecule has 1 saturated heterocycles. The zero-order chi connectivity index (χ0) is 19.9. The molecular formula is C21H35ClN2O4. The van der Waals surface area contributed by atoms with E-state index in [0.29, 0.717) is 24.9 Å². The number of amides is 1. The molecule has 7 heteroatoms. The zero-order valence-corrected chi connectivity index (χ0v) is 18.5. The quantitative estimate of drug-likeness (QED) is 0.648. The second kappa shape index (κ2) is 11.5. The van der Waals surface area contributed by atoms with Crippen molar-refractivity contribution in [2.75, 3.05) is 40.5 Å². The van der Waals surface area contributed by atoms with Crippen LogP contribution in [0.25, 0.3) is 0 Å². The van der Waals surface area contributed by atoms with E-state index >= 15 is 0 Å². The average molecular weight is 415 g/mol. The predicted molar refractivity (Wildman–Crippen MR) is 114 cm³/mol. The zero-order valence-electron chi connectivity index (χ0n) is 17.7. The maximum absolute atomic E-state index is 13.0. The molecule has 1 unspecified atom stereocenters. The van der Waals surface area contributed by atoms with Gasteiger partial charge in [0, 0.05) is 7.11 Å². The third kappa shape index (κ3) is 6.26. The Bertz CT molecular complexity index is 613. The first-order chi connectivity index (χ1) is 12.9. The van der Waals surface area contributed by atoms with E-state index in [1.165, 1.54) is 0 Å². The Balaban J connectivity index is 0.00000392. The van der Waals surface area contributed by atoms with E-state index in [4.69, 9.17) is 14.2 Å². The molecule has 0 bridgehead atoms. The minimum absolute atomic E-state index is 0. The summed E-state index contributed by atoms with van der Waals surface area (Å²) < 4.78 is 16.7. The number of hydrogen-bond donors (Lipinski definition) is 2. The van der Waals surface area contributed by atoms with Crippen LogP contribution in [0.15, 0.2) is 18.2 Å². The summed E-state index contributed by atoms with van der Waals surface area (Å²) in [5, 5.41) is 6.48. The number of piperidine rings is 1. The SMILES string of the molecule is COCC1(C(=O)NC(C)c2ccc(OCC(C)C)c(OC)c2)CCNCC1.Cl. The van der Waals surface area contributed by atoms with Crippen LogP contribution in [0.1, 0.15) is 45.2 Å². The van der Waals surface area contributed by atoms with Gasteiger partial charge in [-0.1, -0.05) is 19.9 Å². The van der Waals surface area contributed by atoms with Crippen LogP contribution in [0.3, 0.4) is 0 Å². The molecule has 1 aliphatic rings. The summed E-state index contributed by atoms with van der Waals surface area (Å²) in [6, 6.07) is 5.70. The summed E-state index contributed by atoms with van der Waals surface area (Å²) in [6.45, 7) is 8.95. The maximum atomic E-state index is 13.0. The molecule has 28 heavy (non-hydrogen) atoms. The fraction of sp³-hybridized carbons (Fsp3) is 0.667. The highest BCUT2D eigenvalue weighted by Gasteiger charge is 2.40. The number of rotatable bonds is 9. The summed E-state index contributed by atoms with van der Waals surface area (Å²) in [5.74, 6) is 1.90. The summed E-state index contributed by atoms with van der Waals surface area (Å²) >= 11 is 0. The number of halogens is 1. The Morgan fingerprint density at radius 3 is 2.43 bits per heavy atom. The number of hydrogen-bond acceptors (Lipinski definition) is 5. The van der Waals surface area contributed by atoms with Crippen LogP contribution >= 0.6 is 12.4 Å². The molecule has 0 saturated carbocycles. The largest absolute Gasteiger partial charge is 0.493 e. The van der Waals surface area contributed by atoms with Gasteiger partial charge in [-0.05, 0) is 56.5 Å². The van der Waals surface area contributed by atoms with E-state index in [9.17, 15) is 4.79 Å². The van der Waals surface area contributed by atoms with E-state index in [0.717, 1.165) is 37.2 Å². The van der Waals surface area contributed by atoms with Gasteiger partial charge in [0.05, 0.1) is 31.8 Å². The highest BCUT2D eigenvalue weighted by Crippen LogP contribution is 2.33. The molecule has 1 heterocycles. The molecular weight excluding hydrogens is 380 g/mol. The van der Waals surface area contributed by atoms with Crippen molar-refractivity contribution < 1.29 is 19.0 Å². The Labute approximate surface area is 175 Å². The van der Waals surface area contributed by atoms with E-state index in [1.54, 1.807) is 14.2 Å². The first-order valence-corrected chi connectivity index (χ1v) is 9.73. The number of nitrogens with one attached hydrogen (secondary N) is 2. The second-order valence-corrected chi connectivity index (χ2v) is 7.77. The van der Waals surface area contributed by atoms with Crippen molar-refractivity contribution in [3.05, 3.63) is 23.8 Å². The monoisotopic (exact) mass is 414 g/mol. The highest BCUT2D eigenvalue weighted by molar-refractivity contribution is 5.85. The van der Waals surface area contributed by atoms with Gasteiger partial charge in [0.15, 0.2) is 11.5 Å². The lowest BCUT2D eigenvalue weighted by atomic mass is 9.78. The van der Waals surface area contributed by atoms with Crippen LogP contribution in [0, 0.1) is 11.3 Å². The fourth-order valence-electron chi connectivity index (χ4n) is 3.38. The van der Waals surface area contributed by atoms with Gasteiger partial charge in [-0.25, -0.2) is 0 Å². The van der Waals surface area contributed by atoms with Crippen molar-refractivity contribution in [1.82, 2.24) is 10.6 Å². The van der Waals surface area contributed by atoms with Crippen LogP contribution in [-0.4, -0.2) is 46.4 Å². The van der Waals surface area contributed by atoms with Crippen LogP contribution < -0.4 is 20.1 Å². The van der Waals surface area contributed by atoms with Gasteiger partial charge >= 0.3 is 0 Å². The van der Waals surface area contributed by atoms with Gasteiger partial charge in [-0.3, -0.25) is 4.79 Å². The third-order valence-electron chi connectivity index (χ3n) is 5.07. The molecule has 1 amide bonds. The standard InChI is InChI=1S/C21H34N2O4.ClH/c1-15(2)13-27-18-7-6-17(12-19(18)26-5)16(3)23-20(24)21(14-25-4)8-10-22-11-9-21;/h6-7,12,15-16,22H,8-11,13-14H2,1-5H3,(H,23,24);1H. The normalized spacial score (nSPS) is 16.8. The van der Waals surface area contributed by atoms with Crippen LogP contribution in [0.4, 0.5) is 0 Å². The molecule has 2 rings (SSSR count). The van der Waals surface area contributed by atoms with Gasteiger partial charge in [0.25, 0.3) is 0 Å². The number of carbonyl (C=O) groups is 1. The Kier molecular flexibility index (Phi) is 10.1. The molecule has 2 N–H and O–H groups in total. The molecule has 0 radical (unpaired) electrons. The molecule has 1 fully saturated rings. The van der Waals surface area contributed by atoms with Crippen molar-refractivity contribution in [3.8, 4) is 11.5 Å². The molecule has 1 atom stereocenters. The van der Waals surface area contributed by atoms with Crippen molar-refractivity contribution in [3.63, 3.8) is 0 Å². The maximum Gasteiger partial charge on any atom is 0.229 e. The summed E-state index contributed by atoms with van der Waals surface area (Å²) in [7, 11) is 3.29. The van der Waals surface area contributed by atoms with Crippen molar-refractivity contribution in [2.24, 2.45) is 11.3 Å².